The molecule has 0 saturated heterocycles. The van der Waals surface area contributed by atoms with Crippen molar-refractivity contribution in [3.05, 3.63) is 134 Å². The normalized spacial score (nSPS) is 11.3. The molecule has 0 saturated carbocycles. The van der Waals surface area contributed by atoms with E-state index in [1.54, 1.807) is 12.3 Å². The van der Waals surface area contributed by atoms with Crippen molar-refractivity contribution in [3.8, 4) is 0 Å². The molecule has 0 N–H and O–H groups in total. The van der Waals surface area contributed by atoms with Crippen molar-refractivity contribution in [3.63, 3.8) is 0 Å². The lowest BCUT2D eigenvalue weighted by Gasteiger charge is -2.16. The molecule has 0 fully saturated rings. The van der Waals surface area contributed by atoms with Crippen molar-refractivity contribution < 1.29 is 14.6 Å². The van der Waals surface area contributed by atoms with E-state index in [-0.39, 0.29) is 23.8 Å². The number of carbonyl (C=O) groups excluding carboxylic acids is 1. The molecule has 0 amide bonds. The van der Waals surface area contributed by atoms with E-state index in [1.807, 2.05) is 30.3 Å². The average Bonchev–Trinajstić information content (AvgIpc) is 3.32. The maximum Gasteiger partial charge on any atom is 0.269 e. The minimum absolute atomic E-state index is 0.000686. The van der Waals surface area contributed by atoms with Gasteiger partial charge in [-0.3, -0.25) is 14.9 Å². The summed E-state index contributed by atoms with van der Waals surface area (Å²) < 4.78 is 2.14. The summed E-state index contributed by atoms with van der Waals surface area (Å²) in [5.41, 5.74) is 6.85. The van der Waals surface area contributed by atoms with Crippen molar-refractivity contribution >= 4 is 17.7 Å². The van der Waals surface area contributed by atoms with Crippen LogP contribution in [-0.4, -0.2) is 28.1 Å². The predicted octanol–water partition coefficient (Wildman–Crippen LogP) is 7.68. The van der Waals surface area contributed by atoms with Gasteiger partial charge in [-0.25, -0.2) is 0 Å². The number of benzene rings is 3. The van der Waals surface area contributed by atoms with E-state index in [1.165, 1.54) is 23.3 Å². The maximum atomic E-state index is 13.5. The average molecular weight is 552 g/mol. The fraction of sp³-hybridized carbons (Fsp3) is 0.294. The molecule has 0 atom stereocenters. The van der Waals surface area contributed by atoms with Gasteiger partial charge in [0.1, 0.15) is 6.61 Å². The highest BCUT2D eigenvalue weighted by Gasteiger charge is 2.22. The smallest absolute Gasteiger partial charge is 0.269 e. The van der Waals surface area contributed by atoms with Gasteiger partial charge in [0, 0.05) is 36.4 Å². The Balaban J connectivity index is 1.51. The zero-order valence-electron chi connectivity index (χ0n) is 24.0. The molecule has 0 aliphatic rings. The Hall–Kier alpha value is -4.52. The molecule has 7 heteroatoms. The summed E-state index contributed by atoms with van der Waals surface area (Å²) in [6.45, 7) is 7.35. The number of hydrogen-bond donors (Lipinski definition) is 0. The number of rotatable bonds is 14. The number of ketones is 1. The van der Waals surface area contributed by atoms with Crippen LogP contribution in [0.4, 0.5) is 5.69 Å². The highest BCUT2D eigenvalue weighted by atomic mass is 16.6. The number of aryl methyl sites for hydroxylation is 3. The number of aromatic nitrogens is 1. The summed E-state index contributed by atoms with van der Waals surface area (Å²) in [6.07, 6.45) is 4.14. The molecular formula is C34H37N3O4. The topological polar surface area (TPSA) is 86.7 Å². The minimum Gasteiger partial charge on any atom is -0.396 e. The van der Waals surface area contributed by atoms with Gasteiger partial charge in [-0.1, -0.05) is 91.3 Å². The van der Waals surface area contributed by atoms with Crippen LogP contribution in [0.3, 0.4) is 0 Å². The summed E-state index contributed by atoms with van der Waals surface area (Å²) in [6, 6.07) is 27.0. The van der Waals surface area contributed by atoms with Crippen LogP contribution < -0.4 is 0 Å². The molecule has 41 heavy (non-hydrogen) atoms. The van der Waals surface area contributed by atoms with Crippen LogP contribution in [0, 0.1) is 17.0 Å². The van der Waals surface area contributed by atoms with Gasteiger partial charge in [-0.2, -0.15) is 0 Å². The number of hydrogen-bond acceptors (Lipinski definition) is 5. The van der Waals surface area contributed by atoms with Crippen molar-refractivity contribution in [2.45, 2.75) is 58.9 Å². The summed E-state index contributed by atoms with van der Waals surface area (Å²) in [7, 11) is 0. The predicted molar refractivity (Wildman–Crippen MR) is 163 cm³/mol. The van der Waals surface area contributed by atoms with Gasteiger partial charge < -0.3 is 9.40 Å². The molecule has 0 aliphatic heterocycles. The van der Waals surface area contributed by atoms with Gasteiger partial charge >= 0.3 is 0 Å². The van der Waals surface area contributed by atoms with E-state index in [9.17, 15) is 14.9 Å². The molecule has 0 bridgehead atoms. The van der Waals surface area contributed by atoms with Crippen molar-refractivity contribution in [1.82, 2.24) is 4.57 Å². The lowest BCUT2D eigenvalue weighted by Crippen LogP contribution is -2.12. The Labute approximate surface area is 241 Å². The van der Waals surface area contributed by atoms with Crippen molar-refractivity contribution in [1.29, 1.82) is 0 Å². The summed E-state index contributed by atoms with van der Waals surface area (Å²) in [5.74, 6) is 0.0913. The number of Topliss-reactive ketones (excluding diaryl/α,β-unsaturated/α-hetero) is 1. The Morgan fingerprint density at radius 1 is 0.951 bits per heavy atom. The fourth-order valence-electron chi connectivity index (χ4n) is 5.05. The first kappa shape index (κ1) is 29.5. The molecule has 4 rings (SSSR count). The van der Waals surface area contributed by atoms with Gasteiger partial charge in [0.05, 0.1) is 16.8 Å². The first-order chi connectivity index (χ1) is 19.8. The third-order valence-electron chi connectivity index (χ3n) is 7.01. The largest absolute Gasteiger partial charge is 0.396 e. The molecule has 3 aromatic carbocycles. The van der Waals surface area contributed by atoms with E-state index in [0.29, 0.717) is 25.1 Å². The van der Waals surface area contributed by atoms with Gasteiger partial charge in [0.2, 0.25) is 0 Å². The molecule has 7 nitrogen and oxygen atoms in total. The molecule has 0 spiro atoms. The molecule has 1 heterocycles. The van der Waals surface area contributed by atoms with Crippen molar-refractivity contribution in [2.24, 2.45) is 5.16 Å². The van der Waals surface area contributed by atoms with Gasteiger partial charge in [-0.15, -0.1) is 0 Å². The second-order valence-electron chi connectivity index (χ2n) is 10.6. The number of oxime groups is 1. The number of non-ortho nitro benzene ring substituents is 1. The minimum atomic E-state index is -0.415. The quantitative estimate of drug-likeness (QED) is 0.0529. The highest BCUT2D eigenvalue weighted by Crippen LogP contribution is 2.27. The number of nitro groups is 1. The van der Waals surface area contributed by atoms with Gasteiger partial charge in [0.15, 0.2) is 5.78 Å². The zero-order valence-corrected chi connectivity index (χ0v) is 24.0. The summed E-state index contributed by atoms with van der Waals surface area (Å²) >= 11 is 0. The lowest BCUT2D eigenvalue weighted by atomic mass is 9.98. The maximum absolute atomic E-state index is 13.5. The van der Waals surface area contributed by atoms with Crippen LogP contribution in [0.1, 0.15) is 76.6 Å². The number of carbonyl (C=O) groups is 1. The second-order valence-corrected chi connectivity index (χ2v) is 10.6. The third kappa shape index (κ3) is 8.24. The number of nitro benzene ring substituents is 1. The monoisotopic (exact) mass is 551 g/mol. The van der Waals surface area contributed by atoms with Crippen LogP contribution >= 0.6 is 0 Å². The van der Waals surface area contributed by atoms with Crippen LogP contribution in [0.25, 0.3) is 0 Å². The Bertz CT molecular complexity index is 1510. The Morgan fingerprint density at radius 2 is 1.66 bits per heavy atom. The Morgan fingerprint density at radius 3 is 2.37 bits per heavy atom. The molecular weight excluding hydrogens is 514 g/mol. The molecule has 0 unspecified atom stereocenters. The van der Waals surface area contributed by atoms with Crippen LogP contribution in [-0.2, 0) is 24.2 Å². The summed E-state index contributed by atoms with van der Waals surface area (Å²) in [4.78, 5) is 29.9. The van der Waals surface area contributed by atoms with Crippen molar-refractivity contribution in [2.75, 3.05) is 6.61 Å². The SMILES string of the molecule is Cc1cccc(CCCO/N=C/c2cc(C(=O)CCc3cccc([N+](=O)[O-])c3)c(C(C)C)n2Cc2ccccc2)c1. The second kappa shape index (κ2) is 14.2. The molecule has 0 aliphatic carbocycles. The summed E-state index contributed by atoms with van der Waals surface area (Å²) in [5, 5.41) is 15.4. The first-order valence-electron chi connectivity index (χ1n) is 14.1. The van der Waals surface area contributed by atoms with E-state index in [4.69, 9.17) is 4.84 Å². The van der Waals surface area contributed by atoms with Gasteiger partial charge in [0.25, 0.3) is 5.69 Å². The van der Waals surface area contributed by atoms with E-state index in [2.05, 4.69) is 66.9 Å². The van der Waals surface area contributed by atoms with Crippen LogP contribution in [0.5, 0.6) is 0 Å². The van der Waals surface area contributed by atoms with E-state index >= 15 is 0 Å². The van der Waals surface area contributed by atoms with E-state index in [0.717, 1.165) is 35.4 Å². The third-order valence-corrected chi connectivity index (χ3v) is 7.01. The van der Waals surface area contributed by atoms with Crippen LogP contribution in [0.15, 0.2) is 90.1 Å². The fourth-order valence-corrected chi connectivity index (χ4v) is 5.05. The first-order valence-corrected chi connectivity index (χ1v) is 14.1. The molecule has 0 radical (unpaired) electrons. The molecule has 1 aromatic heterocycles. The molecule has 4 aromatic rings. The standard InChI is InChI=1S/C34H37N3O4/c1-25(2)34-32(33(38)18-17-28-14-8-16-30(21-28)37(39)40)22-31(36(34)24-29-11-5-4-6-12-29)23-35-41-19-9-15-27-13-7-10-26(3)20-27/h4-8,10-14,16,20-23,25H,9,15,17-19,24H2,1-3H3/b35-23+. The lowest BCUT2D eigenvalue weighted by molar-refractivity contribution is -0.384. The number of nitrogens with zero attached hydrogens (tertiary/aromatic N) is 3. The van der Waals surface area contributed by atoms with E-state index < -0.39 is 4.92 Å². The zero-order chi connectivity index (χ0) is 29.2. The molecule has 212 valence electrons. The van der Waals surface area contributed by atoms with Gasteiger partial charge in [-0.05, 0) is 54.9 Å². The van der Waals surface area contributed by atoms with Crippen LogP contribution in [0.2, 0.25) is 0 Å². The highest BCUT2D eigenvalue weighted by molar-refractivity contribution is 5.99. The Kier molecular flexibility index (Phi) is 10.2.